The summed E-state index contributed by atoms with van der Waals surface area (Å²) in [7, 11) is 0. The standard InChI is InChI=1S/C17H18FN3O3/c18-13-4-1-3-12(9-13)10-14(21-8-2-5-16(21)22)11-19-17(23)15-6-7-20-24-15/h1,3-4,6-7,9,14H,2,5,8,10-11H2,(H,19,23)/t14-/m1/s1. The zero-order chi connectivity index (χ0) is 16.9. The van der Waals surface area contributed by atoms with Crippen LogP contribution in [0, 0.1) is 5.82 Å². The van der Waals surface area contributed by atoms with E-state index in [1.165, 1.54) is 24.4 Å². The van der Waals surface area contributed by atoms with Crippen LogP contribution in [0.1, 0.15) is 29.0 Å². The van der Waals surface area contributed by atoms with Gasteiger partial charge in [0, 0.05) is 25.6 Å². The molecule has 0 saturated carbocycles. The van der Waals surface area contributed by atoms with E-state index in [0.717, 1.165) is 12.0 Å². The fourth-order valence-corrected chi connectivity index (χ4v) is 2.91. The van der Waals surface area contributed by atoms with Crippen molar-refractivity contribution < 1.29 is 18.5 Å². The predicted octanol–water partition coefficient (Wildman–Crippen LogP) is 1.78. The Bertz CT molecular complexity index is 718. The fraction of sp³-hybridized carbons (Fsp3) is 0.353. The van der Waals surface area contributed by atoms with Crippen molar-refractivity contribution in [1.82, 2.24) is 15.4 Å². The predicted molar refractivity (Wildman–Crippen MR) is 83.7 cm³/mol. The number of nitrogens with one attached hydrogen (secondary N) is 1. The highest BCUT2D eigenvalue weighted by Crippen LogP contribution is 2.17. The van der Waals surface area contributed by atoms with Gasteiger partial charge >= 0.3 is 0 Å². The molecular formula is C17H18FN3O3. The van der Waals surface area contributed by atoms with Gasteiger partial charge in [-0.05, 0) is 30.5 Å². The minimum Gasteiger partial charge on any atom is -0.351 e. The summed E-state index contributed by atoms with van der Waals surface area (Å²) in [6, 6.07) is 7.53. The van der Waals surface area contributed by atoms with E-state index >= 15 is 0 Å². The van der Waals surface area contributed by atoms with Gasteiger partial charge in [0.15, 0.2) is 0 Å². The highest BCUT2D eigenvalue weighted by molar-refractivity contribution is 5.91. The zero-order valence-corrected chi connectivity index (χ0v) is 13.1. The van der Waals surface area contributed by atoms with Crippen LogP contribution in [0.2, 0.25) is 0 Å². The number of aromatic nitrogens is 1. The zero-order valence-electron chi connectivity index (χ0n) is 13.1. The molecule has 3 rings (SSSR count). The third-order valence-corrected chi connectivity index (χ3v) is 4.07. The van der Waals surface area contributed by atoms with Gasteiger partial charge < -0.3 is 14.7 Å². The van der Waals surface area contributed by atoms with Crippen LogP contribution in [0.25, 0.3) is 0 Å². The normalized spacial score (nSPS) is 15.5. The number of likely N-dealkylation sites (tertiary alicyclic amines) is 1. The molecule has 2 heterocycles. The lowest BCUT2D eigenvalue weighted by Gasteiger charge is -2.28. The van der Waals surface area contributed by atoms with E-state index in [4.69, 9.17) is 4.52 Å². The molecule has 126 valence electrons. The molecule has 1 fully saturated rings. The van der Waals surface area contributed by atoms with E-state index in [-0.39, 0.29) is 36.0 Å². The van der Waals surface area contributed by atoms with Gasteiger partial charge in [-0.3, -0.25) is 9.59 Å². The van der Waals surface area contributed by atoms with Gasteiger partial charge in [-0.1, -0.05) is 17.3 Å². The summed E-state index contributed by atoms with van der Waals surface area (Å²) >= 11 is 0. The van der Waals surface area contributed by atoms with Gasteiger partial charge in [0.25, 0.3) is 5.91 Å². The number of carbonyl (C=O) groups is 2. The molecule has 1 atom stereocenters. The summed E-state index contributed by atoms with van der Waals surface area (Å²) in [5, 5.41) is 6.25. The lowest BCUT2D eigenvalue weighted by Crippen LogP contribution is -2.45. The maximum Gasteiger partial charge on any atom is 0.289 e. The minimum atomic E-state index is -0.386. The molecule has 0 aliphatic carbocycles. The summed E-state index contributed by atoms with van der Waals surface area (Å²) in [5.74, 6) is -0.523. The van der Waals surface area contributed by atoms with Gasteiger partial charge in [0.2, 0.25) is 11.7 Å². The Labute approximate surface area is 138 Å². The summed E-state index contributed by atoms with van der Waals surface area (Å²) in [4.78, 5) is 25.8. The van der Waals surface area contributed by atoms with Crippen molar-refractivity contribution in [3.63, 3.8) is 0 Å². The monoisotopic (exact) mass is 331 g/mol. The molecule has 2 aromatic rings. The van der Waals surface area contributed by atoms with Crippen LogP contribution in [0.15, 0.2) is 41.1 Å². The van der Waals surface area contributed by atoms with E-state index in [1.807, 2.05) is 6.07 Å². The molecule has 7 heteroatoms. The number of halogens is 1. The average Bonchev–Trinajstić information content (AvgIpc) is 3.23. The van der Waals surface area contributed by atoms with Crippen LogP contribution in [0.3, 0.4) is 0 Å². The second-order valence-electron chi connectivity index (χ2n) is 5.77. The molecule has 24 heavy (non-hydrogen) atoms. The number of nitrogens with zero attached hydrogens (tertiary/aromatic N) is 2. The molecule has 1 aliphatic rings. The smallest absolute Gasteiger partial charge is 0.289 e. The minimum absolute atomic E-state index is 0.0605. The summed E-state index contributed by atoms with van der Waals surface area (Å²) < 4.78 is 18.2. The summed E-state index contributed by atoms with van der Waals surface area (Å²) in [5.41, 5.74) is 0.786. The van der Waals surface area contributed by atoms with Gasteiger partial charge in [0.1, 0.15) is 5.82 Å². The molecular weight excluding hydrogens is 313 g/mol. The van der Waals surface area contributed by atoms with Crippen LogP contribution in [-0.2, 0) is 11.2 Å². The molecule has 0 bridgehead atoms. The number of hydrogen-bond donors (Lipinski definition) is 1. The second kappa shape index (κ2) is 7.25. The van der Waals surface area contributed by atoms with Crippen LogP contribution >= 0.6 is 0 Å². The number of benzene rings is 1. The van der Waals surface area contributed by atoms with Crippen molar-refractivity contribution in [1.29, 1.82) is 0 Å². The molecule has 0 spiro atoms. The third kappa shape index (κ3) is 3.79. The number of hydrogen-bond acceptors (Lipinski definition) is 4. The molecule has 0 unspecified atom stereocenters. The summed E-state index contributed by atoms with van der Waals surface area (Å²) in [6.07, 6.45) is 3.17. The largest absolute Gasteiger partial charge is 0.351 e. The van der Waals surface area contributed by atoms with E-state index in [9.17, 15) is 14.0 Å². The van der Waals surface area contributed by atoms with Crippen LogP contribution in [0.4, 0.5) is 4.39 Å². The molecule has 6 nitrogen and oxygen atoms in total. The maximum atomic E-state index is 13.4. The first-order valence-corrected chi connectivity index (χ1v) is 7.86. The molecule has 1 aromatic heterocycles. The molecule has 0 radical (unpaired) electrons. The van der Waals surface area contributed by atoms with Crippen molar-refractivity contribution in [2.75, 3.05) is 13.1 Å². The lowest BCUT2D eigenvalue weighted by atomic mass is 10.0. The third-order valence-electron chi connectivity index (χ3n) is 4.07. The quantitative estimate of drug-likeness (QED) is 0.875. The molecule has 2 amide bonds. The average molecular weight is 331 g/mol. The molecule has 1 aromatic carbocycles. The molecule has 1 aliphatic heterocycles. The van der Waals surface area contributed by atoms with Gasteiger partial charge in [-0.2, -0.15) is 0 Å². The number of amides is 2. The number of carbonyl (C=O) groups excluding carboxylic acids is 2. The topological polar surface area (TPSA) is 75.4 Å². The highest BCUT2D eigenvalue weighted by Gasteiger charge is 2.28. The fourth-order valence-electron chi connectivity index (χ4n) is 2.91. The van der Waals surface area contributed by atoms with Crippen molar-refractivity contribution in [2.24, 2.45) is 0 Å². The Hall–Kier alpha value is -2.70. The van der Waals surface area contributed by atoms with Crippen molar-refractivity contribution in [2.45, 2.75) is 25.3 Å². The first-order chi connectivity index (χ1) is 11.6. The van der Waals surface area contributed by atoms with Crippen molar-refractivity contribution >= 4 is 11.8 Å². The highest BCUT2D eigenvalue weighted by atomic mass is 19.1. The van der Waals surface area contributed by atoms with Crippen LogP contribution < -0.4 is 5.32 Å². The van der Waals surface area contributed by atoms with Gasteiger partial charge in [-0.15, -0.1) is 0 Å². The number of rotatable bonds is 6. The molecule has 1 saturated heterocycles. The van der Waals surface area contributed by atoms with Crippen molar-refractivity contribution in [3.05, 3.63) is 53.7 Å². The van der Waals surface area contributed by atoms with Crippen LogP contribution in [-0.4, -0.2) is 41.0 Å². The van der Waals surface area contributed by atoms with Crippen molar-refractivity contribution in [3.8, 4) is 0 Å². The first-order valence-electron chi connectivity index (χ1n) is 7.86. The Kier molecular flexibility index (Phi) is 4.88. The SMILES string of the molecule is O=C(NC[C@@H](Cc1cccc(F)c1)N1CCCC1=O)c1ccno1. The lowest BCUT2D eigenvalue weighted by molar-refractivity contribution is -0.129. The Morgan fingerprint density at radius 3 is 2.96 bits per heavy atom. The van der Waals surface area contributed by atoms with E-state index in [2.05, 4.69) is 10.5 Å². The van der Waals surface area contributed by atoms with E-state index in [0.29, 0.717) is 19.4 Å². The Balaban J connectivity index is 1.70. The Morgan fingerprint density at radius 1 is 1.42 bits per heavy atom. The van der Waals surface area contributed by atoms with Crippen LogP contribution in [0.5, 0.6) is 0 Å². The molecule has 1 N–H and O–H groups in total. The second-order valence-corrected chi connectivity index (χ2v) is 5.77. The first kappa shape index (κ1) is 16.2. The Morgan fingerprint density at radius 2 is 2.29 bits per heavy atom. The van der Waals surface area contributed by atoms with E-state index in [1.54, 1.807) is 11.0 Å². The van der Waals surface area contributed by atoms with Gasteiger partial charge in [0.05, 0.1) is 12.2 Å². The maximum absolute atomic E-state index is 13.4. The summed E-state index contributed by atoms with van der Waals surface area (Å²) in [6.45, 7) is 0.915. The van der Waals surface area contributed by atoms with Gasteiger partial charge in [-0.25, -0.2) is 4.39 Å². The van der Waals surface area contributed by atoms with E-state index < -0.39 is 0 Å².